The van der Waals surface area contributed by atoms with Gasteiger partial charge in [-0.15, -0.1) is 0 Å². The van der Waals surface area contributed by atoms with E-state index in [0.717, 1.165) is 11.1 Å². The van der Waals surface area contributed by atoms with Gasteiger partial charge in [0.1, 0.15) is 12.4 Å². The number of benzene rings is 2. The van der Waals surface area contributed by atoms with Gasteiger partial charge in [0.25, 0.3) is 0 Å². The normalized spacial score (nSPS) is 11.3. The van der Waals surface area contributed by atoms with E-state index in [2.05, 4.69) is 11.8 Å². The van der Waals surface area contributed by atoms with Gasteiger partial charge in [-0.25, -0.2) is 4.79 Å². The molecule has 0 aromatic heterocycles. The van der Waals surface area contributed by atoms with Crippen LogP contribution in [0.3, 0.4) is 0 Å². The standard InChI is InChI=1S/C20H19ClO4/c1-15-4-10-18(11-5-15)25-19(20(22)23)12-14-24-13-2-3-16-6-8-17(21)9-7-16/h4-11,19H,12-14H2,1H3,(H,22,23). The zero-order valence-electron chi connectivity index (χ0n) is 13.9. The molecular weight excluding hydrogens is 340 g/mol. The van der Waals surface area contributed by atoms with Crippen molar-refractivity contribution in [2.24, 2.45) is 0 Å². The van der Waals surface area contributed by atoms with E-state index < -0.39 is 12.1 Å². The molecule has 0 radical (unpaired) electrons. The Labute approximate surface area is 152 Å². The van der Waals surface area contributed by atoms with E-state index in [-0.39, 0.29) is 19.6 Å². The van der Waals surface area contributed by atoms with Gasteiger partial charge in [0.2, 0.25) is 0 Å². The van der Waals surface area contributed by atoms with E-state index in [9.17, 15) is 9.90 Å². The first kappa shape index (κ1) is 18.9. The Morgan fingerprint density at radius 1 is 1.16 bits per heavy atom. The van der Waals surface area contributed by atoms with Crippen LogP contribution in [0.5, 0.6) is 5.75 Å². The maximum atomic E-state index is 11.3. The lowest BCUT2D eigenvalue weighted by molar-refractivity contribution is -0.145. The van der Waals surface area contributed by atoms with Gasteiger partial charge in [-0.3, -0.25) is 0 Å². The maximum absolute atomic E-state index is 11.3. The summed E-state index contributed by atoms with van der Waals surface area (Å²) in [5, 5.41) is 9.91. The molecule has 25 heavy (non-hydrogen) atoms. The van der Waals surface area contributed by atoms with Gasteiger partial charge in [0.05, 0.1) is 6.61 Å². The van der Waals surface area contributed by atoms with Crippen LogP contribution in [0.25, 0.3) is 0 Å². The molecule has 0 heterocycles. The Kier molecular flexibility index (Phi) is 7.34. The molecule has 0 spiro atoms. The molecule has 0 aliphatic heterocycles. The summed E-state index contributed by atoms with van der Waals surface area (Å²) in [4.78, 5) is 11.3. The highest BCUT2D eigenvalue weighted by Crippen LogP contribution is 2.15. The fourth-order valence-electron chi connectivity index (χ4n) is 2.00. The van der Waals surface area contributed by atoms with Crippen molar-refractivity contribution in [2.75, 3.05) is 13.2 Å². The summed E-state index contributed by atoms with van der Waals surface area (Å²) in [6, 6.07) is 14.4. The number of aliphatic carboxylic acids is 1. The topological polar surface area (TPSA) is 55.8 Å². The second kappa shape index (κ2) is 9.73. The molecule has 0 aliphatic rings. The number of rotatable bonds is 7. The van der Waals surface area contributed by atoms with Crippen molar-refractivity contribution < 1.29 is 19.4 Å². The van der Waals surface area contributed by atoms with Crippen LogP contribution >= 0.6 is 11.6 Å². The van der Waals surface area contributed by atoms with Crippen LogP contribution < -0.4 is 4.74 Å². The molecule has 1 atom stereocenters. The third-order valence-electron chi connectivity index (χ3n) is 3.35. The summed E-state index contributed by atoms with van der Waals surface area (Å²) in [7, 11) is 0. The molecule has 2 aromatic carbocycles. The lowest BCUT2D eigenvalue weighted by Crippen LogP contribution is -2.28. The Morgan fingerprint density at radius 2 is 1.84 bits per heavy atom. The van der Waals surface area contributed by atoms with E-state index in [1.807, 2.05) is 31.2 Å². The quantitative estimate of drug-likeness (QED) is 0.601. The zero-order chi connectivity index (χ0) is 18.1. The SMILES string of the molecule is Cc1ccc(OC(CCOCC#Cc2ccc(Cl)cc2)C(=O)O)cc1. The zero-order valence-corrected chi connectivity index (χ0v) is 14.6. The molecule has 0 fully saturated rings. The van der Waals surface area contributed by atoms with Crippen LogP contribution in [-0.4, -0.2) is 30.4 Å². The van der Waals surface area contributed by atoms with Gasteiger partial charge in [-0.2, -0.15) is 0 Å². The summed E-state index contributed by atoms with van der Waals surface area (Å²) in [5.74, 6) is 5.33. The molecule has 2 aromatic rings. The minimum Gasteiger partial charge on any atom is -0.479 e. The summed E-state index contributed by atoms with van der Waals surface area (Å²) in [6.07, 6.45) is -0.710. The predicted molar refractivity (Wildman–Crippen MR) is 97.0 cm³/mol. The summed E-state index contributed by atoms with van der Waals surface area (Å²) >= 11 is 5.80. The minimum atomic E-state index is -1.02. The molecule has 0 aliphatic carbocycles. The second-order valence-electron chi connectivity index (χ2n) is 5.41. The highest BCUT2D eigenvalue weighted by Gasteiger charge is 2.19. The molecule has 5 heteroatoms. The summed E-state index contributed by atoms with van der Waals surface area (Å²) < 4.78 is 10.9. The van der Waals surface area contributed by atoms with Gasteiger partial charge >= 0.3 is 5.97 Å². The lowest BCUT2D eigenvalue weighted by Gasteiger charge is -2.15. The monoisotopic (exact) mass is 358 g/mol. The number of hydrogen-bond donors (Lipinski definition) is 1. The number of ether oxygens (including phenoxy) is 2. The van der Waals surface area contributed by atoms with E-state index in [4.69, 9.17) is 21.1 Å². The minimum absolute atomic E-state index is 0.222. The third kappa shape index (κ3) is 6.88. The van der Waals surface area contributed by atoms with Gasteiger partial charge in [0, 0.05) is 17.0 Å². The van der Waals surface area contributed by atoms with Gasteiger partial charge in [0.15, 0.2) is 6.10 Å². The Hall–Kier alpha value is -2.48. The van der Waals surface area contributed by atoms with E-state index in [1.165, 1.54) is 0 Å². The van der Waals surface area contributed by atoms with Crippen LogP contribution in [0.4, 0.5) is 0 Å². The highest BCUT2D eigenvalue weighted by atomic mass is 35.5. The number of carboxylic acid groups (broad SMARTS) is 1. The van der Waals surface area contributed by atoms with Crippen molar-refractivity contribution in [1.82, 2.24) is 0 Å². The molecule has 2 rings (SSSR count). The average Bonchev–Trinajstić information content (AvgIpc) is 2.60. The highest BCUT2D eigenvalue weighted by molar-refractivity contribution is 6.30. The molecule has 0 bridgehead atoms. The van der Waals surface area contributed by atoms with Crippen LogP contribution in [0, 0.1) is 18.8 Å². The number of carboxylic acids is 1. The summed E-state index contributed by atoms with van der Waals surface area (Å²) in [5.41, 5.74) is 1.93. The van der Waals surface area contributed by atoms with Gasteiger partial charge in [-0.05, 0) is 43.3 Å². The van der Waals surface area contributed by atoms with E-state index >= 15 is 0 Å². The largest absolute Gasteiger partial charge is 0.479 e. The first-order valence-electron chi connectivity index (χ1n) is 7.83. The molecule has 0 saturated heterocycles. The number of aryl methyl sites for hydroxylation is 1. The molecule has 0 amide bonds. The molecule has 1 N–H and O–H groups in total. The number of hydrogen-bond acceptors (Lipinski definition) is 3. The first-order valence-corrected chi connectivity index (χ1v) is 8.21. The van der Waals surface area contributed by atoms with Crippen LogP contribution in [0.15, 0.2) is 48.5 Å². The average molecular weight is 359 g/mol. The van der Waals surface area contributed by atoms with Gasteiger partial charge < -0.3 is 14.6 Å². The Balaban J connectivity index is 1.75. The molecular formula is C20H19ClO4. The smallest absolute Gasteiger partial charge is 0.344 e. The fourth-order valence-corrected chi connectivity index (χ4v) is 2.12. The lowest BCUT2D eigenvalue weighted by atomic mass is 10.2. The third-order valence-corrected chi connectivity index (χ3v) is 3.60. The van der Waals surface area contributed by atoms with Crippen molar-refractivity contribution in [3.05, 3.63) is 64.7 Å². The molecule has 4 nitrogen and oxygen atoms in total. The van der Waals surface area contributed by atoms with Crippen molar-refractivity contribution in [3.63, 3.8) is 0 Å². The van der Waals surface area contributed by atoms with Crippen LogP contribution in [-0.2, 0) is 9.53 Å². The van der Waals surface area contributed by atoms with Crippen molar-refractivity contribution in [3.8, 4) is 17.6 Å². The van der Waals surface area contributed by atoms with Crippen molar-refractivity contribution in [2.45, 2.75) is 19.4 Å². The first-order chi connectivity index (χ1) is 12.0. The number of halogens is 1. The van der Waals surface area contributed by atoms with Gasteiger partial charge in [-0.1, -0.05) is 41.1 Å². The summed E-state index contributed by atoms with van der Waals surface area (Å²) in [6.45, 7) is 2.43. The van der Waals surface area contributed by atoms with Crippen molar-refractivity contribution in [1.29, 1.82) is 0 Å². The maximum Gasteiger partial charge on any atom is 0.344 e. The van der Waals surface area contributed by atoms with E-state index in [1.54, 1.807) is 24.3 Å². The Morgan fingerprint density at radius 3 is 2.48 bits per heavy atom. The molecule has 1 unspecified atom stereocenters. The van der Waals surface area contributed by atoms with E-state index in [0.29, 0.717) is 10.8 Å². The van der Waals surface area contributed by atoms with Crippen LogP contribution in [0.2, 0.25) is 5.02 Å². The Bertz CT molecular complexity index is 742. The van der Waals surface area contributed by atoms with Crippen molar-refractivity contribution >= 4 is 17.6 Å². The molecule has 0 saturated carbocycles. The molecule has 130 valence electrons. The predicted octanol–water partition coefficient (Wildman–Crippen LogP) is 3.94. The fraction of sp³-hybridized carbons (Fsp3) is 0.250. The van der Waals surface area contributed by atoms with Crippen LogP contribution in [0.1, 0.15) is 17.5 Å². The number of carbonyl (C=O) groups is 1. The second-order valence-corrected chi connectivity index (χ2v) is 5.84.